The van der Waals surface area contributed by atoms with E-state index < -0.39 is 64.0 Å². The van der Waals surface area contributed by atoms with E-state index in [2.05, 4.69) is 0 Å². The van der Waals surface area contributed by atoms with Gasteiger partial charge >= 0.3 is 5.97 Å². The first kappa shape index (κ1) is 26.2. The number of sulfonamides is 1. The lowest BCUT2D eigenvalue weighted by molar-refractivity contribution is -0.163. The second kappa shape index (κ2) is 13.7. The lowest BCUT2D eigenvalue weighted by atomic mass is 9.87. The summed E-state index contributed by atoms with van der Waals surface area (Å²) in [7, 11) is -0.984. The molecule has 1 saturated heterocycles. The molecule has 226 valence electrons. The van der Waals surface area contributed by atoms with Gasteiger partial charge in [-0.25, -0.2) is 8.42 Å². The Hall–Kier alpha value is -3.44. The van der Waals surface area contributed by atoms with Gasteiger partial charge in [-0.3, -0.25) is 9.59 Å². The van der Waals surface area contributed by atoms with Crippen LogP contribution in [0, 0.1) is 5.92 Å². The number of nitrogens with two attached hydrogens (primary N) is 1. The van der Waals surface area contributed by atoms with Gasteiger partial charge in [0.2, 0.25) is 10.0 Å². The molecule has 0 bridgehead atoms. The Balaban J connectivity index is 0.00000600. The molecule has 11 heteroatoms. The number of hydrogen-bond donors (Lipinski definition) is 1. The van der Waals surface area contributed by atoms with Crippen LogP contribution in [0.1, 0.15) is 31.8 Å². The largest absolute Gasteiger partial charge is 0.480 e. The molecule has 0 spiro atoms. The summed E-state index contributed by atoms with van der Waals surface area (Å²) in [4.78, 5) is 26.5. The molecule has 1 fully saturated rings. The second-order valence-electron chi connectivity index (χ2n) is 10.5. The summed E-state index contributed by atoms with van der Waals surface area (Å²) >= 11 is 0. The summed E-state index contributed by atoms with van der Waals surface area (Å²) in [5, 5.41) is 0. The Labute approximate surface area is 261 Å². The number of nitrogens with zero attached hydrogens (tertiary/aromatic N) is 2. The second-order valence-corrected chi connectivity index (χ2v) is 12.4. The molecule has 1 heterocycles. The van der Waals surface area contributed by atoms with Gasteiger partial charge in [-0.15, -0.1) is 12.4 Å². The number of carbonyl (C=O) groups is 2. The van der Waals surface area contributed by atoms with Crippen molar-refractivity contribution in [1.82, 2.24) is 9.21 Å². The van der Waals surface area contributed by atoms with Gasteiger partial charge in [0.25, 0.3) is 5.91 Å². The first-order valence-corrected chi connectivity index (χ1v) is 14.5. The van der Waals surface area contributed by atoms with Gasteiger partial charge in [0.05, 0.1) is 24.8 Å². The zero-order chi connectivity index (χ0) is 34.1. The fraction of sp³-hybridized carbons (Fsp3) is 0.355. The van der Waals surface area contributed by atoms with E-state index in [9.17, 15) is 18.0 Å². The van der Waals surface area contributed by atoms with Crippen molar-refractivity contribution in [1.29, 1.82) is 0 Å². The van der Waals surface area contributed by atoms with E-state index in [1.54, 1.807) is 64.3 Å². The third-order valence-corrected chi connectivity index (χ3v) is 8.55. The highest BCUT2D eigenvalue weighted by molar-refractivity contribution is 7.89. The lowest BCUT2D eigenvalue weighted by Crippen LogP contribution is -2.63. The fourth-order valence-corrected chi connectivity index (χ4v) is 6.09. The summed E-state index contributed by atoms with van der Waals surface area (Å²) in [6.07, 6.45) is -1.06. The summed E-state index contributed by atoms with van der Waals surface area (Å²) in [5.74, 6) is -1.83. The minimum absolute atomic E-state index is 0. The van der Waals surface area contributed by atoms with E-state index in [1.807, 2.05) is 0 Å². The van der Waals surface area contributed by atoms with E-state index in [-0.39, 0.29) is 54.4 Å². The highest BCUT2D eigenvalue weighted by Gasteiger charge is 2.52. The monoisotopic (exact) mass is 620 g/mol. The molecule has 1 aliphatic rings. The number of ether oxygens (including phenoxy) is 2. The number of para-hydroxylation sites is 1. The fourth-order valence-electron chi connectivity index (χ4n) is 4.48. The summed E-state index contributed by atoms with van der Waals surface area (Å²) in [6, 6.07) is 10.7. The van der Waals surface area contributed by atoms with Crippen molar-refractivity contribution in [3.63, 3.8) is 0 Å². The Bertz CT molecular complexity index is 1710. The number of benzene rings is 3. The van der Waals surface area contributed by atoms with Crippen molar-refractivity contribution in [2.45, 2.75) is 42.9 Å². The number of amides is 1. The molecule has 4 rings (SSSR count). The van der Waals surface area contributed by atoms with E-state index in [4.69, 9.17) is 22.1 Å². The number of rotatable bonds is 11. The molecule has 0 radical (unpaired) electrons. The SMILES string of the molecule is Cl.[2H]c1c([2H])c([2H])c(OC2(c3ccccc3)CN(S(=O)(=O)c3cccc(C[C@H](N)C(=O)O[C@@H](C(=O)N(C)C)C(C)C)c3)C2)c([2H])c1[2H]. The van der Waals surface area contributed by atoms with Gasteiger partial charge in [0, 0.05) is 14.1 Å². The average molecular weight is 621 g/mol. The van der Waals surface area contributed by atoms with Crippen LogP contribution in [-0.2, 0) is 36.4 Å². The maximum absolute atomic E-state index is 13.8. The molecule has 0 aliphatic carbocycles. The van der Waals surface area contributed by atoms with Crippen molar-refractivity contribution >= 4 is 34.3 Å². The molecule has 0 unspecified atom stereocenters. The van der Waals surface area contributed by atoms with Crippen LogP contribution >= 0.6 is 12.4 Å². The Kier molecular flexibility index (Phi) is 8.54. The number of halogens is 1. The third-order valence-electron chi connectivity index (χ3n) is 6.77. The van der Waals surface area contributed by atoms with Crippen LogP contribution in [0.15, 0.2) is 89.7 Å². The van der Waals surface area contributed by atoms with Crippen LogP contribution in [0.4, 0.5) is 0 Å². The Morgan fingerprint density at radius 2 is 1.69 bits per heavy atom. The van der Waals surface area contributed by atoms with Crippen molar-refractivity contribution in [3.8, 4) is 5.75 Å². The van der Waals surface area contributed by atoms with E-state index in [0.29, 0.717) is 11.1 Å². The number of hydrogen-bond acceptors (Lipinski definition) is 7. The minimum Gasteiger partial charge on any atom is -0.480 e. The van der Waals surface area contributed by atoms with Gasteiger partial charge in [0.15, 0.2) is 11.7 Å². The first-order chi connectivity index (χ1) is 21.5. The predicted molar refractivity (Wildman–Crippen MR) is 163 cm³/mol. The van der Waals surface area contributed by atoms with Gasteiger partial charge in [-0.2, -0.15) is 4.31 Å². The van der Waals surface area contributed by atoms with Crippen molar-refractivity contribution in [2.24, 2.45) is 11.7 Å². The Morgan fingerprint density at radius 1 is 1.05 bits per heavy atom. The molecule has 1 amide bonds. The third kappa shape index (κ3) is 7.30. The zero-order valence-electron chi connectivity index (χ0n) is 28.8. The maximum atomic E-state index is 13.8. The van der Waals surface area contributed by atoms with Crippen molar-refractivity contribution < 1.29 is 34.3 Å². The number of likely N-dealkylation sites (N-methyl/N-ethyl adjacent to an activating group) is 1. The predicted octanol–water partition coefficient (Wildman–Crippen LogP) is 3.61. The highest BCUT2D eigenvalue weighted by Crippen LogP contribution is 2.40. The first-order valence-electron chi connectivity index (χ1n) is 15.6. The van der Waals surface area contributed by atoms with E-state index in [0.717, 1.165) is 0 Å². The molecule has 0 saturated carbocycles. The van der Waals surface area contributed by atoms with Gasteiger partial charge in [-0.05, 0) is 47.7 Å². The summed E-state index contributed by atoms with van der Waals surface area (Å²) < 4.78 is 80.7. The molecule has 2 atom stereocenters. The van der Waals surface area contributed by atoms with E-state index in [1.165, 1.54) is 27.4 Å². The summed E-state index contributed by atoms with van der Waals surface area (Å²) in [5.41, 5.74) is 5.81. The van der Waals surface area contributed by atoms with Crippen molar-refractivity contribution in [2.75, 3.05) is 27.2 Å². The van der Waals surface area contributed by atoms with Gasteiger partial charge < -0.3 is 20.1 Å². The van der Waals surface area contributed by atoms with Crippen LogP contribution in [0.2, 0.25) is 0 Å². The topological polar surface area (TPSA) is 119 Å². The van der Waals surface area contributed by atoms with Gasteiger partial charge in [-0.1, -0.05) is 74.4 Å². The molecular formula is C31H38ClN3O6S. The molecular weight excluding hydrogens is 578 g/mol. The van der Waals surface area contributed by atoms with Crippen LogP contribution < -0.4 is 10.5 Å². The Morgan fingerprint density at radius 3 is 2.29 bits per heavy atom. The summed E-state index contributed by atoms with van der Waals surface area (Å²) in [6.45, 7) is 3.09. The number of carbonyl (C=O) groups excluding carboxylic acids is 2. The normalized spacial score (nSPS) is 17.6. The van der Waals surface area contributed by atoms with Crippen LogP contribution in [0.3, 0.4) is 0 Å². The molecule has 9 nitrogen and oxygen atoms in total. The van der Waals surface area contributed by atoms with Crippen LogP contribution in [-0.4, -0.2) is 68.8 Å². The number of esters is 1. The van der Waals surface area contributed by atoms with Gasteiger partial charge in [0.1, 0.15) is 11.8 Å². The van der Waals surface area contributed by atoms with E-state index >= 15 is 0 Å². The van der Waals surface area contributed by atoms with Crippen molar-refractivity contribution in [3.05, 3.63) is 95.9 Å². The molecule has 42 heavy (non-hydrogen) atoms. The standard InChI is InChI=1S/C31H37N3O6S.ClH/c1-22(2)28(29(35)33(3)4)39-30(36)27(32)19-23-12-11-17-26(18-23)41(37,38)34-20-31(21-34,24-13-7-5-8-14-24)40-25-15-9-6-10-16-25;/h5-18,22,27-28H,19-21,32H2,1-4H3;1H/t27-,28+;/m0./s1/i6D,9D,10D,15D,16D;. The zero-order valence-corrected chi connectivity index (χ0v) is 25.4. The molecule has 2 N–H and O–H groups in total. The molecule has 3 aromatic rings. The molecule has 3 aromatic carbocycles. The average Bonchev–Trinajstić information content (AvgIpc) is 3.00. The lowest BCUT2D eigenvalue weighted by Gasteiger charge is -2.48. The quantitative estimate of drug-likeness (QED) is 0.325. The highest BCUT2D eigenvalue weighted by atomic mass is 35.5. The van der Waals surface area contributed by atoms with Crippen LogP contribution in [0.5, 0.6) is 5.75 Å². The maximum Gasteiger partial charge on any atom is 0.324 e. The smallest absolute Gasteiger partial charge is 0.324 e. The molecule has 0 aromatic heterocycles. The van der Waals surface area contributed by atoms with Crippen LogP contribution in [0.25, 0.3) is 0 Å². The molecule has 1 aliphatic heterocycles. The minimum atomic E-state index is -4.10.